The molecule has 2 aliphatic carbocycles. The van der Waals surface area contributed by atoms with Gasteiger partial charge in [0.15, 0.2) is 0 Å². The number of carbonyl (C=O) groups excluding carboxylic acids is 3. The predicted octanol–water partition coefficient (Wildman–Crippen LogP) is 2.47. The topological polar surface area (TPSA) is 66.5 Å². The van der Waals surface area contributed by atoms with Crippen molar-refractivity contribution in [1.29, 1.82) is 0 Å². The number of fused-ring (bicyclic) bond motifs is 5. The van der Waals surface area contributed by atoms with E-state index in [1.54, 1.807) is 6.92 Å². The van der Waals surface area contributed by atoms with Crippen molar-refractivity contribution in [3.63, 3.8) is 0 Å². The van der Waals surface area contributed by atoms with Crippen LogP contribution in [0.4, 0.5) is 0 Å². The maximum atomic E-state index is 12.9. The van der Waals surface area contributed by atoms with Crippen molar-refractivity contribution < 1.29 is 14.4 Å². The molecule has 2 saturated carbocycles. The highest BCUT2D eigenvalue weighted by Gasteiger charge is 2.67. The monoisotopic (exact) mass is 482 g/mol. The van der Waals surface area contributed by atoms with E-state index >= 15 is 0 Å². The highest BCUT2D eigenvalue weighted by atomic mass is 79.9. The second-order valence-corrected chi connectivity index (χ2v) is 9.54. The number of rotatable bonds is 4. The van der Waals surface area contributed by atoms with Crippen LogP contribution in [-0.2, 0) is 20.9 Å². The van der Waals surface area contributed by atoms with E-state index in [2.05, 4.69) is 37.2 Å². The number of alkyl halides is 2. The number of imide groups is 1. The van der Waals surface area contributed by atoms with Gasteiger partial charge in [-0.3, -0.25) is 19.3 Å². The average molecular weight is 484 g/mol. The van der Waals surface area contributed by atoms with Gasteiger partial charge in [-0.2, -0.15) is 0 Å². The summed E-state index contributed by atoms with van der Waals surface area (Å²) in [5.74, 6) is -0.901. The molecule has 4 rings (SSSR count). The zero-order valence-electron chi connectivity index (χ0n) is 14.3. The fraction of sp³-hybridized carbons (Fsp3) is 0.526. The van der Waals surface area contributed by atoms with Gasteiger partial charge >= 0.3 is 0 Å². The predicted molar refractivity (Wildman–Crippen MR) is 104 cm³/mol. The molecule has 1 aromatic rings. The Morgan fingerprint density at radius 2 is 1.65 bits per heavy atom. The van der Waals surface area contributed by atoms with Crippen LogP contribution in [0.25, 0.3) is 0 Å². The minimum Gasteiger partial charge on any atom is -0.350 e. The fourth-order valence-electron chi connectivity index (χ4n) is 4.80. The summed E-state index contributed by atoms with van der Waals surface area (Å²) in [5, 5.41) is 2.83. The third-order valence-corrected chi connectivity index (χ3v) is 9.30. The number of carbonyl (C=O) groups is 3. The van der Waals surface area contributed by atoms with Gasteiger partial charge in [0.05, 0.1) is 11.8 Å². The Labute approximate surface area is 169 Å². The maximum Gasteiger partial charge on any atom is 0.243 e. The Morgan fingerprint density at radius 3 is 2.19 bits per heavy atom. The van der Waals surface area contributed by atoms with E-state index < -0.39 is 6.04 Å². The van der Waals surface area contributed by atoms with Gasteiger partial charge in [-0.15, -0.1) is 0 Å². The summed E-state index contributed by atoms with van der Waals surface area (Å²) in [6.45, 7) is 2.02. The molecule has 0 spiro atoms. The molecule has 0 unspecified atom stereocenters. The van der Waals surface area contributed by atoms with Gasteiger partial charge in [0, 0.05) is 16.2 Å². The zero-order chi connectivity index (χ0) is 18.6. The number of amides is 3. The molecule has 0 aromatic heterocycles. The summed E-state index contributed by atoms with van der Waals surface area (Å²) in [4.78, 5) is 40.1. The first-order valence-corrected chi connectivity index (χ1v) is 10.7. The maximum absolute atomic E-state index is 12.9. The number of nitrogens with one attached hydrogen (secondary N) is 1. The molecule has 7 atom stereocenters. The summed E-state index contributed by atoms with van der Waals surface area (Å²) in [6, 6.07) is 8.78. The normalized spacial score (nSPS) is 36.3. The molecule has 1 aromatic carbocycles. The van der Waals surface area contributed by atoms with E-state index in [0.717, 1.165) is 12.0 Å². The van der Waals surface area contributed by atoms with Gasteiger partial charge in [-0.05, 0) is 30.7 Å². The fourth-order valence-corrected chi connectivity index (χ4v) is 6.68. The third-order valence-electron chi connectivity index (χ3n) is 6.10. The van der Waals surface area contributed by atoms with Gasteiger partial charge in [0.1, 0.15) is 6.04 Å². The lowest BCUT2D eigenvalue weighted by Crippen LogP contribution is -2.48. The molecule has 1 aliphatic heterocycles. The van der Waals surface area contributed by atoms with E-state index in [4.69, 9.17) is 0 Å². The van der Waals surface area contributed by atoms with Gasteiger partial charge in [0.2, 0.25) is 17.7 Å². The Kier molecular flexibility index (Phi) is 4.72. The van der Waals surface area contributed by atoms with E-state index in [0.29, 0.717) is 6.54 Å². The second kappa shape index (κ2) is 6.75. The van der Waals surface area contributed by atoms with E-state index in [1.165, 1.54) is 4.90 Å². The molecule has 1 heterocycles. The smallest absolute Gasteiger partial charge is 0.243 e. The minimum atomic E-state index is -0.786. The standard InChI is InChI=1S/C19H20Br2N2O3/c1-9(17(24)22-8-10-5-3-2-4-6-10)23-18(25)13-11-7-12(14(13)19(23)26)16(21)15(11)20/h2-6,9,11-16H,7-8H2,1H3,(H,22,24)/t9-,11-,12+,13-,14-,15+,16+/m0/s1. The first-order chi connectivity index (χ1) is 12.4. The Hall–Kier alpha value is -1.21. The molecule has 3 aliphatic rings. The number of benzene rings is 1. The number of hydrogen-bond donors (Lipinski definition) is 1. The van der Waals surface area contributed by atoms with Crippen LogP contribution in [0, 0.1) is 23.7 Å². The van der Waals surface area contributed by atoms with Crippen LogP contribution >= 0.6 is 31.9 Å². The Balaban J connectivity index is 1.47. The molecule has 3 amide bonds. The summed E-state index contributed by atoms with van der Waals surface area (Å²) in [6.07, 6.45) is 0.890. The number of nitrogens with zero attached hydrogens (tertiary/aromatic N) is 1. The molecule has 0 radical (unpaired) electrons. The van der Waals surface area contributed by atoms with Crippen LogP contribution in [-0.4, -0.2) is 38.3 Å². The van der Waals surface area contributed by atoms with Crippen LogP contribution < -0.4 is 5.32 Å². The summed E-state index contributed by atoms with van der Waals surface area (Å²) in [7, 11) is 0. The van der Waals surface area contributed by atoms with Crippen molar-refractivity contribution in [3.05, 3.63) is 35.9 Å². The van der Waals surface area contributed by atoms with Crippen molar-refractivity contribution in [3.8, 4) is 0 Å². The largest absolute Gasteiger partial charge is 0.350 e. The van der Waals surface area contributed by atoms with Gasteiger partial charge in [-0.1, -0.05) is 62.2 Å². The highest BCUT2D eigenvalue weighted by molar-refractivity contribution is 9.12. The lowest BCUT2D eigenvalue weighted by atomic mass is 9.81. The molecule has 2 bridgehead atoms. The van der Waals surface area contributed by atoms with Gasteiger partial charge in [0.25, 0.3) is 0 Å². The first-order valence-electron chi connectivity index (χ1n) is 8.88. The lowest BCUT2D eigenvalue weighted by molar-refractivity contribution is -0.148. The van der Waals surface area contributed by atoms with Crippen molar-refractivity contribution in [2.45, 2.75) is 35.6 Å². The van der Waals surface area contributed by atoms with Gasteiger partial charge < -0.3 is 5.32 Å². The number of halogens is 2. The van der Waals surface area contributed by atoms with Crippen LogP contribution in [0.2, 0.25) is 0 Å². The van der Waals surface area contributed by atoms with Crippen molar-refractivity contribution in [1.82, 2.24) is 10.2 Å². The van der Waals surface area contributed by atoms with Crippen molar-refractivity contribution in [2.24, 2.45) is 23.7 Å². The van der Waals surface area contributed by atoms with Crippen LogP contribution in [0.5, 0.6) is 0 Å². The molecule has 7 heteroatoms. The van der Waals surface area contributed by atoms with Gasteiger partial charge in [-0.25, -0.2) is 0 Å². The molecule has 5 nitrogen and oxygen atoms in total. The third kappa shape index (κ3) is 2.66. The SMILES string of the molecule is C[C@@H](C(=O)NCc1ccccc1)N1C(=O)[C@H]2[C@@H]3C[C@@H]([C@@H](Br)[C@@H]3Br)[C@@H]2C1=O. The highest BCUT2D eigenvalue weighted by Crippen LogP contribution is 2.60. The minimum absolute atomic E-state index is 0.162. The van der Waals surface area contributed by atoms with Crippen LogP contribution in [0.1, 0.15) is 18.9 Å². The van der Waals surface area contributed by atoms with Crippen LogP contribution in [0.3, 0.4) is 0 Å². The molecular formula is C19H20Br2N2O3. The Morgan fingerprint density at radius 1 is 1.12 bits per heavy atom. The van der Waals surface area contributed by atoms with E-state index in [1.807, 2.05) is 30.3 Å². The zero-order valence-corrected chi connectivity index (χ0v) is 17.4. The second-order valence-electron chi connectivity index (χ2n) is 7.43. The summed E-state index contributed by atoms with van der Waals surface area (Å²) in [5.41, 5.74) is 0.978. The van der Waals surface area contributed by atoms with E-state index in [9.17, 15) is 14.4 Å². The average Bonchev–Trinajstić information content (AvgIpc) is 3.25. The molecule has 1 N–H and O–H groups in total. The molecule has 26 heavy (non-hydrogen) atoms. The molecule has 1 saturated heterocycles. The number of likely N-dealkylation sites (tertiary alicyclic amines) is 1. The summed E-state index contributed by atoms with van der Waals surface area (Å²) < 4.78 is 0. The Bertz CT molecular complexity index is 724. The van der Waals surface area contributed by atoms with Crippen molar-refractivity contribution >= 4 is 49.6 Å². The van der Waals surface area contributed by atoms with E-state index in [-0.39, 0.29) is 51.0 Å². The lowest BCUT2D eigenvalue weighted by Gasteiger charge is -2.28. The van der Waals surface area contributed by atoms with Crippen molar-refractivity contribution in [2.75, 3.05) is 0 Å². The molecule has 138 valence electrons. The quantitative estimate of drug-likeness (QED) is 0.528. The van der Waals surface area contributed by atoms with Crippen LogP contribution in [0.15, 0.2) is 30.3 Å². The first kappa shape index (κ1) is 18.2. The molecular weight excluding hydrogens is 464 g/mol. The molecule has 3 fully saturated rings. The number of hydrogen-bond acceptors (Lipinski definition) is 3. The summed E-state index contributed by atoms with van der Waals surface area (Å²) >= 11 is 7.35.